The third-order valence-corrected chi connectivity index (χ3v) is 5.19. The first-order valence-electron chi connectivity index (χ1n) is 7.70. The Morgan fingerprint density at radius 3 is 2.52 bits per heavy atom. The number of rotatable bonds is 5. The Hall–Kier alpha value is -1.25. The van der Waals surface area contributed by atoms with Gasteiger partial charge in [0.25, 0.3) is 0 Å². The average molecular weight is 297 g/mol. The van der Waals surface area contributed by atoms with Gasteiger partial charge >= 0.3 is 0 Å². The highest BCUT2D eigenvalue weighted by Crippen LogP contribution is 2.32. The molecule has 2 aromatic rings. The number of hydrogen-bond donors (Lipinski definition) is 1. The SMILES string of the molecule is Cc1ccc(Sc2ccc(C)c(C)c2)c(CNC2CC2)c1. The van der Waals surface area contributed by atoms with Crippen molar-refractivity contribution in [3.05, 3.63) is 58.7 Å². The van der Waals surface area contributed by atoms with Gasteiger partial charge in [0.05, 0.1) is 0 Å². The van der Waals surface area contributed by atoms with E-state index in [2.05, 4.69) is 62.5 Å². The highest BCUT2D eigenvalue weighted by atomic mass is 32.2. The van der Waals surface area contributed by atoms with Gasteiger partial charge in [-0.2, -0.15) is 0 Å². The van der Waals surface area contributed by atoms with Gasteiger partial charge in [0.1, 0.15) is 0 Å². The summed E-state index contributed by atoms with van der Waals surface area (Å²) >= 11 is 1.88. The van der Waals surface area contributed by atoms with Gasteiger partial charge in [-0.05, 0) is 68.5 Å². The first kappa shape index (κ1) is 14.7. The van der Waals surface area contributed by atoms with E-state index in [0.717, 1.165) is 12.6 Å². The molecule has 0 aromatic heterocycles. The van der Waals surface area contributed by atoms with Crippen LogP contribution in [0.3, 0.4) is 0 Å². The molecule has 0 bridgehead atoms. The molecule has 1 aliphatic rings. The van der Waals surface area contributed by atoms with Crippen LogP contribution in [-0.2, 0) is 6.54 Å². The van der Waals surface area contributed by atoms with Gasteiger partial charge in [-0.1, -0.05) is 35.5 Å². The lowest BCUT2D eigenvalue weighted by Crippen LogP contribution is -2.15. The van der Waals surface area contributed by atoms with Crippen LogP contribution in [0.25, 0.3) is 0 Å². The first-order chi connectivity index (χ1) is 10.1. The number of hydrogen-bond acceptors (Lipinski definition) is 2. The second-order valence-electron chi connectivity index (χ2n) is 6.11. The van der Waals surface area contributed by atoms with E-state index in [4.69, 9.17) is 0 Å². The zero-order chi connectivity index (χ0) is 14.8. The highest BCUT2D eigenvalue weighted by molar-refractivity contribution is 7.99. The lowest BCUT2D eigenvalue weighted by Gasteiger charge is -2.12. The van der Waals surface area contributed by atoms with Gasteiger partial charge in [0.2, 0.25) is 0 Å². The largest absolute Gasteiger partial charge is 0.310 e. The van der Waals surface area contributed by atoms with Gasteiger partial charge in [-0.3, -0.25) is 0 Å². The summed E-state index contributed by atoms with van der Waals surface area (Å²) in [5.74, 6) is 0. The number of benzene rings is 2. The third-order valence-electron chi connectivity index (χ3n) is 4.08. The van der Waals surface area contributed by atoms with Crippen molar-refractivity contribution in [2.45, 2.75) is 56.0 Å². The Bertz CT molecular complexity index is 644. The normalized spacial score (nSPS) is 14.4. The van der Waals surface area contributed by atoms with Gasteiger partial charge < -0.3 is 5.32 Å². The molecule has 0 radical (unpaired) electrons. The molecular formula is C19H23NS. The van der Waals surface area contributed by atoms with E-state index in [-0.39, 0.29) is 0 Å². The van der Waals surface area contributed by atoms with Crippen LogP contribution < -0.4 is 5.32 Å². The first-order valence-corrected chi connectivity index (χ1v) is 8.51. The summed E-state index contributed by atoms with van der Waals surface area (Å²) in [5.41, 5.74) is 5.49. The molecule has 0 unspecified atom stereocenters. The molecule has 3 rings (SSSR count). The van der Waals surface area contributed by atoms with Crippen LogP contribution in [0.4, 0.5) is 0 Å². The molecule has 0 atom stereocenters. The predicted octanol–water partition coefficient (Wildman–Crippen LogP) is 5.02. The summed E-state index contributed by atoms with van der Waals surface area (Å²) in [6, 6.07) is 14.3. The molecule has 1 fully saturated rings. The van der Waals surface area contributed by atoms with E-state index in [1.165, 1.54) is 44.9 Å². The molecule has 0 aliphatic heterocycles. The van der Waals surface area contributed by atoms with Crippen molar-refractivity contribution in [3.63, 3.8) is 0 Å². The van der Waals surface area contributed by atoms with Gasteiger partial charge in [0.15, 0.2) is 0 Å². The monoisotopic (exact) mass is 297 g/mol. The Labute approximate surface area is 132 Å². The zero-order valence-corrected chi connectivity index (χ0v) is 13.9. The summed E-state index contributed by atoms with van der Waals surface area (Å²) in [7, 11) is 0. The molecule has 1 aliphatic carbocycles. The van der Waals surface area contributed by atoms with E-state index >= 15 is 0 Å². The number of nitrogens with one attached hydrogen (secondary N) is 1. The van der Waals surface area contributed by atoms with E-state index in [9.17, 15) is 0 Å². The van der Waals surface area contributed by atoms with Crippen LogP contribution in [0.2, 0.25) is 0 Å². The predicted molar refractivity (Wildman–Crippen MR) is 91.1 cm³/mol. The molecule has 0 heterocycles. The lowest BCUT2D eigenvalue weighted by molar-refractivity contribution is 0.680. The van der Waals surface area contributed by atoms with E-state index in [1.54, 1.807) is 0 Å². The van der Waals surface area contributed by atoms with Crippen molar-refractivity contribution < 1.29 is 0 Å². The van der Waals surface area contributed by atoms with Crippen molar-refractivity contribution in [2.24, 2.45) is 0 Å². The van der Waals surface area contributed by atoms with Crippen molar-refractivity contribution in [1.82, 2.24) is 5.32 Å². The van der Waals surface area contributed by atoms with Crippen LogP contribution >= 0.6 is 11.8 Å². The van der Waals surface area contributed by atoms with Gasteiger partial charge in [-0.15, -0.1) is 0 Å². The standard InChI is InChI=1S/C19H23NS/c1-13-4-9-19(16(10-13)12-20-17-6-7-17)21-18-8-5-14(2)15(3)11-18/h4-5,8-11,17,20H,6-7,12H2,1-3H3. The minimum atomic E-state index is 0.755. The highest BCUT2D eigenvalue weighted by Gasteiger charge is 2.20. The fourth-order valence-electron chi connectivity index (χ4n) is 2.39. The Morgan fingerprint density at radius 2 is 1.81 bits per heavy atom. The average Bonchev–Trinajstić information content (AvgIpc) is 3.27. The van der Waals surface area contributed by atoms with Crippen molar-refractivity contribution in [3.8, 4) is 0 Å². The van der Waals surface area contributed by atoms with Crippen LogP contribution in [0, 0.1) is 20.8 Å². The van der Waals surface area contributed by atoms with Crippen LogP contribution in [0.5, 0.6) is 0 Å². The fourth-order valence-corrected chi connectivity index (χ4v) is 3.42. The Balaban J connectivity index is 1.80. The summed E-state index contributed by atoms with van der Waals surface area (Å²) in [6.07, 6.45) is 2.68. The smallest absolute Gasteiger partial charge is 0.0219 e. The van der Waals surface area contributed by atoms with E-state index < -0.39 is 0 Å². The third kappa shape index (κ3) is 3.90. The fraction of sp³-hybridized carbons (Fsp3) is 0.368. The molecular weight excluding hydrogens is 274 g/mol. The van der Waals surface area contributed by atoms with Crippen LogP contribution in [0.1, 0.15) is 35.1 Å². The molecule has 1 saturated carbocycles. The summed E-state index contributed by atoms with van der Waals surface area (Å²) in [6.45, 7) is 7.51. The molecule has 21 heavy (non-hydrogen) atoms. The topological polar surface area (TPSA) is 12.0 Å². The summed E-state index contributed by atoms with van der Waals surface area (Å²) in [4.78, 5) is 2.70. The molecule has 1 N–H and O–H groups in total. The van der Waals surface area contributed by atoms with Gasteiger partial charge in [0, 0.05) is 22.4 Å². The number of aryl methyl sites for hydroxylation is 3. The summed E-state index contributed by atoms with van der Waals surface area (Å²) < 4.78 is 0. The van der Waals surface area contributed by atoms with Gasteiger partial charge in [-0.25, -0.2) is 0 Å². The Kier molecular flexibility index (Phi) is 4.37. The van der Waals surface area contributed by atoms with Crippen LogP contribution in [-0.4, -0.2) is 6.04 Å². The minimum Gasteiger partial charge on any atom is -0.310 e. The van der Waals surface area contributed by atoms with Crippen molar-refractivity contribution in [1.29, 1.82) is 0 Å². The molecule has 0 amide bonds. The molecule has 0 spiro atoms. The lowest BCUT2D eigenvalue weighted by atomic mass is 10.1. The molecule has 1 nitrogen and oxygen atoms in total. The second kappa shape index (κ2) is 6.25. The van der Waals surface area contributed by atoms with Crippen molar-refractivity contribution >= 4 is 11.8 Å². The minimum absolute atomic E-state index is 0.755. The molecule has 0 saturated heterocycles. The maximum absolute atomic E-state index is 3.63. The Morgan fingerprint density at radius 1 is 1.00 bits per heavy atom. The summed E-state index contributed by atoms with van der Waals surface area (Å²) in [5, 5.41) is 3.63. The molecule has 2 aromatic carbocycles. The molecule has 110 valence electrons. The van der Waals surface area contributed by atoms with Crippen LogP contribution in [0.15, 0.2) is 46.2 Å². The maximum Gasteiger partial charge on any atom is 0.0219 e. The van der Waals surface area contributed by atoms with E-state index in [0.29, 0.717) is 0 Å². The quantitative estimate of drug-likeness (QED) is 0.832. The maximum atomic E-state index is 3.63. The van der Waals surface area contributed by atoms with Crippen molar-refractivity contribution in [2.75, 3.05) is 0 Å². The molecule has 2 heteroatoms. The second-order valence-corrected chi connectivity index (χ2v) is 7.23. The zero-order valence-electron chi connectivity index (χ0n) is 13.1. The van der Waals surface area contributed by atoms with E-state index in [1.807, 2.05) is 11.8 Å².